The maximum Gasteiger partial charge on any atom is 0.221 e. The Kier molecular flexibility index (Phi) is 7.25. The van der Waals surface area contributed by atoms with Gasteiger partial charge in [0.2, 0.25) is 5.91 Å². The number of carbonyl (C=O) groups excluding carboxylic acids is 1. The number of hydrogen-bond acceptors (Lipinski definition) is 4. The zero-order valence-electron chi connectivity index (χ0n) is 10.9. The highest BCUT2D eigenvalue weighted by Crippen LogP contribution is 2.20. The first-order valence-electron chi connectivity index (χ1n) is 6.07. The van der Waals surface area contributed by atoms with E-state index in [1.807, 2.05) is 0 Å². The number of benzene rings is 1. The van der Waals surface area contributed by atoms with Crippen LogP contribution in [0, 0.1) is 0 Å². The number of phenols is 1. The van der Waals surface area contributed by atoms with E-state index in [1.54, 1.807) is 25.3 Å². The third-order valence-electron chi connectivity index (χ3n) is 2.51. The zero-order chi connectivity index (χ0) is 14.1. The van der Waals surface area contributed by atoms with Crippen LogP contribution < -0.4 is 10.6 Å². The van der Waals surface area contributed by atoms with Crippen molar-refractivity contribution in [3.63, 3.8) is 0 Å². The number of rotatable bonds is 8. The lowest BCUT2D eigenvalue weighted by atomic mass is 10.2. The lowest BCUT2D eigenvalue weighted by Crippen LogP contribution is -2.29. The van der Waals surface area contributed by atoms with E-state index in [2.05, 4.69) is 10.6 Å². The molecule has 106 valence electrons. The number of carbonyl (C=O) groups is 1. The highest BCUT2D eigenvalue weighted by molar-refractivity contribution is 6.30. The summed E-state index contributed by atoms with van der Waals surface area (Å²) in [5.74, 6) is 0.168. The second-order valence-corrected chi connectivity index (χ2v) is 4.48. The average Bonchev–Trinajstić information content (AvgIpc) is 2.39. The molecular weight excluding hydrogens is 268 g/mol. The van der Waals surface area contributed by atoms with Gasteiger partial charge in [-0.3, -0.25) is 4.79 Å². The van der Waals surface area contributed by atoms with E-state index in [9.17, 15) is 9.90 Å². The number of amides is 1. The molecule has 1 rings (SSSR count). The van der Waals surface area contributed by atoms with Crippen molar-refractivity contribution in [2.75, 3.05) is 26.8 Å². The zero-order valence-corrected chi connectivity index (χ0v) is 11.7. The van der Waals surface area contributed by atoms with Crippen LogP contribution in [0.1, 0.15) is 12.0 Å². The summed E-state index contributed by atoms with van der Waals surface area (Å²) < 4.78 is 4.83. The maximum atomic E-state index is 11.4. The molecule has 5 nitrogen and oxygen atoms in total. The number of hydrogen-bond donors (Lipinski definition) is 3. The fourth-order valence-electron chi connectivity index (χ4n) is 1.50. The van der Waals surface area contributed by atoms with Crippen molar-refractivity contribution in [2.24, 2.45) is 0 Å². The number of phenolic OH excluding ortho intramolecular Hbond substituents is 1. The molecule has 0 aliphatic rings. The summed E-state index contributed by atoms with van der Waals surface area (Å²) >= 11 is 5.84. The second kappa shape index (κ2) is 8.74. The molecule has 0 saturated heterocycles. The first-order valence-corrected chi connectivity index (χ1v) is 6.45. The Morgan fingerprint density at radius 1 is 1.42 bits per heavy atom. The molecule has 0 heterocycles. The van der Waals surface area contributed by atoms with Gasteiger partial charge in [-0.2, -0.15) is 0 Å². The molecule has 0 bridgehead atoms. The summed E-state index contributed by atoms with van der Waals surface area (Å²) in [4.78, 5) is 11.4. The Bertz CT molecular complexity index is 413. The molecule has 0 spiro atoms. The number of nitrogens with one attached hydrogen (secondary N) is 2. The van der Waals surface area contributed by atoms with Crippen molar-refractivity contribution in [1.29, 1.82) is 0 Å². The van der Waals surface area contributed by atoms with Crippen LogP contribution in [-0.4, -0.2) is 37.8 Å². The summed E-state index contributed by atoms with van der Waals surface area (Å²) in [6.07, 6.45) is 0.380. The molecule has 0 atom stereocenters. The van der Waals surface area contributed by atoms with Gasteiger partial charge in [0.05, 0.1) is 6.61 Å². The monoisotopic (exact) mass is 286 g/mol. The van der Waals surface area contributed by atoms with Crippen LogP contribution in [0.3, 0.4) is 0 Å². The Morgan fingerprint density at radius 2 is 2.21 bits per heavy atom. The molecule has 0 saturated carbocycles. The van der Waals surface area contributed by atoms with Crippen molar-refractivity contribution in [3.8, 4) is 5.75 Å². The molecular formula is C13H19ClN2O3. The van der Waals surface area contributed by atoms with Crippen molar-refractivity contribution in [3.05, 3.63) is 28.8 Å². The van der Waals surface area contributed by atoms with Gasteiger partial charge in [0.1, 0.15) is 5.75 Å². The van der Waals surface area contributed by atoms with Crippen LogP contribution in [0.25, 0.3) is 0 Å². The first-order chi connectivity index (χ1) is 9.13. The lowest BCUT2D eigenvalue weighted by molar-refractivity contribution is -0.121. The van der Waals surface area contributed by atoms with Gasteiger partial charge in [0.25, 0.3) is 0 Å². The molecule has 0 fully saturated rings. The lowest BCUT2D eigenvalue weighted by Gasteiger charge is -2.08. The number of aromatic hydroxyl groups is 1. The third-order valence-corrected chi connectivity index (χ3v) is 2.75. The fourth-order valence-corrected chi connectivity index (χ4v) is 1.70. The second-order valence-electron chi connectivity index (χ2n) is 4.04. The van der Waals surface area contributed by atoms with Crippen LogP contribution in [0.5, 0.6) is 5.75 Å². The summed E-state index contributed by atoms with van der Waals surface area (Å²) in [6.45, 7) is 2.03. The molecule has 1 aromatic carbocycles. The summed E-state index contributed by atoms with van der Waals surface area (Å²) in [7, 11) is 1.59. The highest BCUT2D eigenvalue weighted by Gasteiger charge is 2.03. The van der Waals surface area contributed by atoms with Gasteiger partial charge in [-0.1, -0.05) is 11.6 Å². The quantitative estimate of drug-likeness (QED) is 0.630. The van der Waals surface area contributed by atoms with Gasteiger partial charge in [-0.05, 0) is 18.2 Å². The van der Waals surface area contributed by atoms with E-state index in [0.717, 1.165) is 0 Å². The molecule has 1 aromatic rings. The molecule has 0 unspecified atom stereocenters. The van der Waals surface area contributed by atoms with Gasteiger partial charge in [0, 0.05) is 43.8 Å². The average molecular weight is 287 g/mol. The minimum absolute atomic E-state index is 0.0279. The van der Waals surface area contributed by atoms with Crippen molar-refractivity contribution >= 4 is 17.5 Å². The molecule has 3 N–H and O–H groups in total. The van der Waals surface area contributed by atoms with E-state index >= 15 is 0 Å². The van der Waals surface area contributed by atoms with E-state index in [1.165, 1.54) is 0 Å². The number of halogens is 1. The highest BCUT2D eigenvalue weighted by atomic mass is 35.5. The standard InChI is InChI=1S/C13H19ClN2O3/c1-19-7-6-16-13(18)4-5-15-9-10-8-11(14)2-3-12(10)17/h2-3,8,15,17H,4-7,9H2,1H3,(H,16,18). The number of methoxy groups -OCH3 is 1. The molecule has 1 amide bonds. The molecule has 0 aliphatic heterocycles. The van der Waals surface area contributed by atoms with Crippen molar-refractivity contribution in [2.45, 2.75) is 13.0 Å². The SMILES string of the molecule is COCCNC(=O)CCNCc1cc(Cl)ccc1O. The summed E-state index contributed by atoms with van der Waals surface area (Å²) in [5.41, 5.74) is 0.715. The van der Waals surface area contributed by atoms with E-state index in [0.29, 0.717) is 43.2 Å². The summed E-state index contributed by atoms with van der Waals surface area (Å²) in [6, 6.07) is 4.88. The molecule has 0 radical (unpaired) electrons. The van der Waals surface area contributed by atoms with Crippen LogP contribution in [0.2, 0.25) is 5.02 Å². The van der Waals surface area contributed by atoms with Crippen LogP contribution >= 0.6 is 11.6 Å². The predicted octanol–water partition coefficient (Wildman–Crippen LogP) is 1.29. The van der Waals surface area contributed by atoms with Crippen molar-refractivity contribution < 1.29 is 14.6 Å². The minimum atomic E-state index is -0.0279. The molecule has 0 aromatic heterocycles. The molecule has 19 heavy (non-hydrogen) atoms. The van der Waals surface area contributed by atoms with Gasteiger partial charge >= 0.3 is 0 Å². The Hall–Kier alpha value is -1.30. The largest absolute Gasteiger partial charge is 0.508 e. The molecule has 0 aliphatic carbocycles. The Balaban J connectivity index is 2.20. The van der Waals surface area contributed by atoms with Crippen LogP contribution in [0.4, 0.5) is 0 Å². The molecule has 6 heteroatoms. The summed E-state index contributed by atoms with van der Waals surface area (Å²) in [5, 5.41) is 16.0. The topological polar surface area (TPSA) is 70.6 Å². The van der Waals surface area contributed by atoms with E-state index in [4.69, 9.17) is 16.3 Å². The third kappa shape index (κ3) is 6.42. The van der Waals surface area contributed by atoms with Crippen LogP contribution in [0.15, 0.2) is 18.2 Å². The van der Waals surface area contributed by atoms with Gasteiger partial charge in [-0.15, -0.1) is 0 Å². The van der Waals surface area contributed by atoms with Crippen molar-refractivity contribution in [1.82, 2.24) is 10.6 Å². The predicted molar refractivity (Wildman–Crippen MR) is 74.3 cm³/mol. The number of ether oxygens (including phenoxy) is 1. The Labute approximate surface area is 117 Å². The van der Waals surface area contributed by atoms with Gasteiger partial charge < -0.3 is 20.5 Å². The smallest absolute Gasteiger partial charge is 0.221 e. The first kappa shape index (κ1) is 15.8. The fraction of sp³-hybridized carbons (Fsp3) is 0.462. The minimum Gasteiger partial charge on any atom is -0.508 e. The van der Waals surface area contributed by atoms with Gasteiger partial charge in [-0.25, -0.2) is 0 Å². The van der Waals surface area contributed by atoms with E-state index in [-0.39, 0.29) is 11.7 Å². The van der Waals surface area contributed by atoms with E-state index < -0.39 is 0 Å². The maximum absolute atomic E-state index is 11.4. The van der Waals surface area contributed by atoms with Crippen LogP contribution in [-0.2, 0) is 16.1 Å². The normalized spacial score (nSPS) is 10.4. The Morgan fingerprint density at radius 3 is 2.95 bits per heavy atom. The van der Waals surface area contributed by atoms with Gasteiger partial charge in [0.15, 0.2) is 0 Å².